The molecule has 0 heterocycles. The zero-order valence-electron chi connectivity index (χ0n) is 21.3. The van der Waals surface area contributed by atoms with E-state index in [2.05, 4.69) is 39.9 Å². The van der Waals surface area contributed by atoms with Crippen LogP contribution in [-0.4, -0.2) is 17.7 Å². The van der Waals surface area contributed by atoms with Crippen LogP contribution in [0, 0.1) is 29.6 Å². The number of carbonyl (C=O) groups excluding carboxylic acids is 2. The molecule has 0 aliphatic carbocycles. The largest absolute Gasteiger partial charge is 0.346 e. The molecule has 3 nitrogen and oxygen atoms in total. The first-order chi connectivity index (χ1) is 14.0. The molecule has 4 atom stereocenters. The van der Waals surface area contributed by atoms with Crippen molar-refractivity contribution in [1.29, 1.82) is 0 Å². The molecule has 1 N–H and O–H groups in total. The highest BCUT2D eigenvalue weighted by molar-refractivity contribution is 5.96. The first kappa shape index (κ1) is 28.9. The Morgan fingerprint density at radius 1 is 0.733 bits per heavy atom. The third-order valence-electron chi connectivity index (χ3n) is 6.15. The molecular weight excluding hydrogens is 370 g/mol. The lowest BCUT2D eigenvalue weighted by atomic mass is 9.91. The van der Waals surface area contributed by atoms with E-state index in [4.69, 9.17) is 0 Å². The average Bonchev–Trinajstić information content (AvgIpc) is 2.63. The van der Waals surface area contributed by atoms with Gasteiger partial charge in [-0.3, -0.25) is 9.59 Å². The number of hydrogen-bond acceptors (Lipinski definition) is 2. The zero-order valence-corrected chi connectivity index (χ0v) is 21.3. The summed E-state index contributed by atoms with van der Waals surface area (Å²) in [4.78, 5) is 23.7. The molecule has 30 heavy (non-hydrogen) atoms. The van der Waals surface area contributed by atoms with Crippen LogP contribution in [0.1, 0.15) is 113 Å². The van der Waals surface area contributed by atoms with Gasteiger partial charge in [0.2, 0.25) is 5.91 Å². The highest BCUT2D eigenvalue weighted by Crippen LogP contribution is 2.22. The van der Waals surface area contributed by atoms with Gasteiger partial charge in [0, 0.05) is 6.92 Å². The Hall–Kier alpha value is -1.12. The van der Waals surface area contributed by atoms with Crippen LogP contribution < -0.4 is 5.32 Å². The summed E-state index contributed by atoms with van der Waals surface area (Å²) >= 11 is 0. The van der Waals surface area contributed by atoms with E-state index in [1.807, 2.05) is 19.9 Å². The average molecular weight is 422 g/mol. The molecule has 0 aliphatic heterocycles. The lowest BCUT2D eigenvalue weighted by molar-refractivity contribution is -0.125. The first-order valence-electron chi connectivity index (χ1n) is 12.5. The van der Waals surface area contributed by atoms with E-state index in [0.29, 0.717) is 5.92 Å². The van der Waals surface area contributed by atoms with Gasteiger partial charge in [0.15, 0.2) is 5.78 Å². The highest BCUT2D eigenvalue weighted by atomic mass is 16.2. The van der Waals surface area contributed by atoms with Crippen LogP contribution in [0.5, 0.6) is 0 Å². The molecule has 3 heteroatoms. The maximum absolute atomic E-state index is 12.4. The lowest BCUT2D eigenvalue weighted by Gasteiger charge is -2.19. The Kier molecular flexibility index (Phi) is 15.9. The molecule has 0 aromatic rings. The second-order valence-electron chi connectivity index (χ2n) is 10.6. The predicted molar refractivity (Wildman–Crippen MR) is 130 cm³/mol. The second-order valence-corrected chi connectivity index (χ2v) is 10.6. The summed E-state index contributed by atoms with van der Waals surface area (Å²) < 4.78 is 0. The minimum atomic E-state index is -0.418. The van der Waals surface area contributed by atoms with Gasteiger partial charge in [0.05, 0.1) is 6.04 Å². The van der Waals surface area contributed by atoms with E-state index in [0.717, 1.165) is 24.2 Å². The molecule has 0 saturated carbocycles. The summed E-state index contributed by atoms with van der Waals surface area (Å²) in [7, 11) is 0. The van der Waals surface area contributed by atoms with E-state index in [1.165, 1.54) is 58.3 Å². The van der Waals surface area contributed by atoms with E-state index in [1.54, 1.807) is 6.08 Å². The normalized spacial score (nSPS) is 16.1. The molecule has 0 saturated heterocycles. The number of amides is 1. The Balaban J connectivity index is 4.03. The number of ketones is 1. The molecule has 0 aromatic heterocycles. The maximum Gasteiger partial charge on any atom is 0.217 e. The van der Waals surface area contributed by atoms with E-state index >= 15 is 0 Å². The van der Waals surface area contributed by atoms with Gasteiger partial charge in [-0.25, -0.2) is 0 Å². The molecule has 176 valence electrons. The Morgan fingerprint density at radius 3 is 1.63 bits per heavy atom. The summed E-state index contributed by atoms with van der Waals surface area (Å²) in [5.41, 5.74) is 0. The number of rotatable bonds is 17. The quantitative estimate of drug-likeness (QED) is 0.250. The van der Waals surface area contributed by atoms with Crippen molar-refractivity contribution >= 4 is 11.7 Å². The number of hydrogen-bond donors (Lipinski definition) is 1. The van der Waals surface area contributed by atoms with Crippen molar-refractivity contribution in [2.45, 2.75) is 119 Å². The first-order valence-corrected chi connectivity index (χ1v) is 12.5. The van der Waals surface area contributed by atoms with Crippen LogP contribution in [0.25, 0.3) is 0 Å². The van der Waals surface area contributed by atoms with Gasteiger partial charge in [0.1, 0.15) is 0 Å². The van der Waals surface area contributed by atoms with Crippen molar-refractivity contribution in [3.8, 4) is 0 Å². The molecule has 3 unspecified atom stereocenters. The Morgan fingerprint density at radius 2 is 1.20 bits per heavy atom. The summed E-state index contributed by atoms with van der Waals surface area (Å²) in [6, 6.07) is -0.418. The highest BCUT2D eigenvalue weighted by Gasteiger charge is 2.20. The van der Waals surface area contributed by atoms with Gasteiger partial charge in [-0.1, -0.05) is 106 Å². The molecule has 0 aliphatic rings. The van der Waals surface area contributed by atoms with Gasteiger partial charge >= 0.3 is 0 Å². The zero-order chi connectivity index (χ0) is 23.1. The lowest BCUT2D eigenvalue weighted by Crippen LogP contribution is -2.42. The van der Waals surface area contributed by atoms with E-state index < -0.39 is 6.04 Å². The number of allylic oxidation sites excluding steroid dienone is 1. The molecule has 0 rings (SSSR count). The topological polar surface area (TPSA) is 46.2 Å². The molecule has 0 radical (unpaired) electrons. The van der Waals surface area contributed by atoms with Crippen LogP contribution in [0.2, 0.25) is 0 Å². The minimum absolute atomic E-state index is 0.00271. The van der Waals surface area contributed by atoms with Crippen molar-refractivity contribution in [1.82, 2.24) is 5.32 Å². The van der Waals surface area contributed by atoms with Gasteiger partial charge in [0.25, 0.3) is 0 Å². The molecule has 0 fully saturated rings. The van der Waals surface area contributed by atoms with Crippen LogP contribution in [0.3, 0.4) is 0 Å². The molecule has 0 aromatic carbocycles. The standard InChI is InChI=1S/C27H51NO2/c1-20(2)12-9-13-22(5)14-10-15-23(6)16-11-17-24(7)18-19-26(30)27(21(3)4)28-25(8)29/h18-24,27H,9-17H2,1-8H3,(H,28,29)/b19-18-/t22?,23?,24?,27-/m1/s1. The third kappa shape index (κ3) is 15.7. The Bertz CT molecular complexity index is 495. The Labute approximate surface area is 187 Å². The second kappa shape index (κ2) is 16.6. The minimum Gasteiger partial charge on any atom is -0.346 e. The van der Waals surface area contributed by atoms with Gasteiger partial charge in [-0.15, -0.1) is 0 Å². The van der Waals surface area contributed by atoms with Gasteiger partial charge in [-0.05, 0) is 42.1 Å². The van der Waals surface area contributed by atoms with Crippen molar-refractivity contribution in [3.05, 3.63) is 12.2 Å². The van der Waals surface area contributed by atoms with Crippen LogP contribution in [0.4, 0.5) is 0 Å². The fraction of sp³-hybridized carbons (Fsp3) is 0.852. The fourth-order valence-electron chi connectivity index (χ4n) is 4.01. The summed E-state index contributed by atoms with van der Waals surface area (Å²) in [5.74, 6) is 2.83. The SMILES string of the molecule is CC(=O)N[C@@H](C(=O)/C=C\C(C)CCCC(C)CCCC(C)CCCC(C)C)C(C)C. The monoisotopic (exact) mass is 421 g/mol. The number of carbonyl (C=O) groups is 2. The van der Waals surface area contributed by atoms with Crippen molar-refractivity contribution in [2.75, 3.05) is 0 Å². The van der Waals surface area contributed by atoms with Crippen LogP contribution >= 0.6 is 0 Å². The summed E-state index contributed by atoms with van der Waals surface area (Å²) in [5, 5.41) is 2.76. The third-order valence-corrected chi connectivity index (χ3v) is 6.15. The fourth-order valence-corrected chi connectivity index (χ4v) is 4.01. The van der Waals surface area contributed by atoms with Crippen molar-refractivity contribution in [2.24, 2.45) is 29.6 Å². The van der Waals surface area contributed by atoms with Gasteiger partial charge < -0.3 is 5.32 Å². The van der Waals surface area contributed by atoms with E-state index in [9.17, 15) is 9.59 Å². The molecular formula is C27H51NO2. The van der Waals surface area contributed by atoms with Gasteiger partial charge in [-0.2, -0.15) is 0 Å². The van der Waals surface area contributed by atoms with Crippen molar-refractivity contribution in [3.63, 3.8) is 0 Å². The van der Waals surface area contributed by atoms with Crippen LogP contribution in [0.15, 0.2) is 12.2 Å². The predicted octanol–water partition coefficient (Wildman–Crippen LogP) is 7.35. The van der Waals surface area contributed by atoms with Crippen LogP contribution in [-0.2, 0) is 9.59 Å². The molecule has 1 amide bonds. The van der Waals surface area contributed by atoms with E-state index in [-0.39, 0.29) is 17.6 Å². The summed E-state index contributed by atoms with van der Waals surface area (Å²) in [6.07, 6.45) is 15.5. The smallest absolute Gasteiger partial charge is 0.217 e. The molecule has 0 bridgehead atoms. The van der Waals surface area contributed by atoms with Crippen molar-refractivity contribution < 1.29 is 9.59 Å². The maximum atomic E-state index is 12.4. The molecule has 0 spiro atoms. The number of nitrogens with one attached hydrogen (secondary N) is 1. The summed E-state index contributed by atoms with van der Waals surface area (Å²) in [6.45, 7) is 17.0.